The van der Waals surface area contributed by atoms with Gasteiger partial charge < -0.3 is 10.1 Å². The van der Waals surface area contributed by atoms with Gasteiger partial charge in [-0.2, -0.15) is 17.5 Å². The maximum absolute atomic E-state index is 13.6. The van der Waals surface area contributed by atoms with Crippen molar-refractivity contribution in [1.82, 2.24) is 4.31 Å². The van der Waals surface area contributed by atoms with Crippen LogP contribution in [0.4, 0.5) is 27.6 Å². The Morgan fingerprint density at radius 3 is 2.37 bits per heavy atom. The lowest BCUT2D eigenvalue weighted by atomic mass is 10.2. The van der Waals surface area contributed by atoms with E-state index in [0.29, 0.717) is 16.4 Å². The molecule has 0 radical (unpaired) electrons. The summed E-state index contributed by atoms with van der Waals surface area (Å²) >= 11 is 0. The van der Waals surface area contributed by atoms with Crippen molar-refractivity contribution in [3.8, 4) is 5.75 Å². The van der Waals surface area contributed by atoms with E-state index >= 15 is 0 Å². The molecule has 0 saturated heterocycles. The lowest BCUT2D eigenvalue weighted by Crippen LogP contribution is -2.38. The number of anilines is 1. The highest BCUT2D eigenvalue weighted by Crippen LogP contribution is 2.33. The van der Waals surface area contributed by atoms with E-state index in [1.807, 2.05) is 0 Å². The number of hydrogen-bond acceptors (Lipinski definition) is 4. The van der Waals surface area contributed by atoms with E-state index in [1.54, 1.807) is 0 Å². The van der Waals surface area contributed by atoms with Crippen molar-refractivity contribution in [3.63, 3.8) is 0 Å². The molecular formula is C18H17F5N2O4S. The number of hydrogen-bond donors (Lipinski definition) is 1. The highest BCUT2D eigenvalue weighted by atomic mass is 32.2. The summed E-state index contributed by atoms with van der Waals surface area (Å²) in [7, 11) is -3.19. The minimum atomic E-state index is -4.97. The number of nitrogens with one attached hydrogen (secondary N) is 1. The SMILES string of the molecule is CCN(CC(=O)Nc1ccc(F)c(C(F)(F)F)c1)S(=O)(=O)c1cc(F)ccc1OC. The standard InChI is InChI=1S/C18H17F5N2O4S/c1-3-25(30(27,28)16-8-11(19)4-7-15(16)29-2)10-17(26)24-12-5-6-14(20)13(9-12)18(21,22)23/h4-9H,3,10H2,1-2H3,(H,24,26). The predicted octanol–water partition coefficient (Wildman–Crippen LogP) is 3.64. The van der Waals surface area contributed by atoms with Gasteiger partial charge in [0.05, 0.1) is 19.2 Å². The number of rotatable bonds is 7. The monoisotopic (exact) mass is 452 g/mol. The van der Waals surface area contributed by atoms with E-state index < -0.39 is 50.7 Å². The number of alkyl halides is 3. The Morgan fingerprint density at radius 1 is 1.13 bits per heavy atom. The molecule has 12 heteroatoms. The first-order chi connectivity index (χ1) is 13.9. The Hall–Kier alpha value is -2.73. The number of amides is 1. The second-order valence-corrected chi connectivity index (χ2v) is 7.87. The molecular weight excluding hydrogens is 435 g/mol. The molecule has 2 rings (SSSR count). The van der Waals surface area contributed by atoms with Gasteiger partial charge in [-0.15, -0.1) is 0 Å². The molecule has 6 nitrogen and oxygen atoms in total. The molecule has 2 aromatic carbocycles. The van der Waals surface area contributed by atoms with Crippen LogP contribution in [-0.2, 0) is 21.0 Å². The third-order valence-corrected chi connectivity index (χ3v) is 5.91. The lowest BCUT2D eigenvalue weighted by molar-refractivity contribution is -0.140. The minimum Gasteiger partial charge on any atom is -0.495 e. The first-order valence-corrected chi connectivity index (χ1v) is 9.84. The normalized spacial score (nSPS) is 12.1. The van der Waals surface area contributed by atoms with Crippen molar-refractivity contribution in [1.29, 1.82) is 0 Å². The largest absolute Gasteiger partial charge is 0.495 e. The van der Waals surface area contributed by atoms with E-state index in [1.165, 1.54) is 14.0 Å². The zero-order chi connectivity index (χ0) is 22.7. The van der Waals surface area contributed by atoms with Crippen LogP contribution in [-0.4, -0.2) is 38.8 Å². The number of sulfonamides is 1. The van der Waals surface area contributed by atoms with Crippen LogP contribution < -0.4 is 10.1 Å². The summed E-state index contributed by atoms with van der Waals surface area (Å²) in [5.74, 6) is -3.49. The van der Waals surface area contributed by atoms with Crippen LogP contribution in [0.25, 0.3) is 0 Å². The second-order valence-electron chi connectivity index (χ2n) is 5.97. The Balaban J connectivity index is 2.26. The first-order valence-electron chi connectivity index (χ1n) is 8.40. The molecule has 0 aromatic heterocycles. The van der Waals surface area contributed by atoms with Crippen LogP contribution in [0.2, 0.25) is 0 Å². The third-order valence-electron chi connectivity index (χ3n) is 3.97. The summed E-state index contributed by atoms with van der Waals surface area (Å²) in [4.78, 5) is 11.7. The third kappa shape index (κ3) is 5.25. The molecule has 0 unspecified atom stereocenters. The number of ether oxygens (including phenoxy) is 1. The van der Waals surface area contributed by atoms with E-state index in [4.69, 9.17) is 4.74 Å². The molecule has 1 amide bonds. The average Bonchev–Trinajstić information content (AvgIpc) is 2.66. The van der Waals surface area contributed by atoms with Gasteiger partial charge in [0.25, 0.3) is 0 Å². The van der Waals surface area contributed by atoms with E-state index in [2.05, 4.69) is 5.32 Å². The molecule has 0 aliphatic carbocycles. The molecule has 0 bridgehead atoms. The molecule has 0 saturated carbocycles. The smallest absolute Gasteiger partial charge is 0.419 e. The van der Waals surface area contributed by atoms with Crippen LogP contribution in [0.3, 0.4) is 0 Å². The van der Waals surface area contributed by atoms with Gasteiger partial charge >= 0.3 is 6.18 Å². The topological polar surface area (TPSA) is 75.7 Å². The van der Waals surface area contributed by atoms with E-state index in [0.717, 1.165) is 24.3 Å². The average molecular weight is 452 g/mol. The van der Waals surface area contributed by atoms with Crippen molar-refractivity contribution < 1.29 is 39.9 Å². The molecule has 0 aliphatic heterocycles. The summed E-state index contributed by atoms with van der Waals surface area (Å²) < 4.78 is 96.5. The van der Waals surface area contributed by atoms with Crippen LogP contribution in [0.15, 0.2) is 41.3 Å². The van der Waals surface area contributed by atoms with Gasteiger partial charge in [0.2, 0.25) is 15.9 Å². The summed E-state index contributed by atoms with van der Waals surface area (Å²) in [5, 5.41) is 2.09. The highest BCUT2D eigenvalue weighted by molar-refractivity contribution is 7.89. The van der Waals surface area contributed by atoms with Crippen molar-refractivity contribution in [2.75, 3.05) is 25.5 Å². The number of methoxy groups -OCH3 is 1. The number of carbonyl (C=O) groups excluding carboxylic acids is 1. The van der Waals surface area contributed by atoms with Crippen LogP contribution in [0.1, 0.15) is 12.5 Å². The molecule has 0 atom stereocenters. The Labute approximate surface area is 169 Å². The molecule has 30 heavy (non-hydrogen) atoms. The number of halogens is 5. The molecule has 164 valence electrons. The number of nitrogens with zero attached hydrogens (tertiary/aromatic N) is 1. The fourth-order valence-corrected chi connectivity index (χ4v) is 4.11. The molecule has 1 N–H and O–H groups in total. The quantitative estimate of drug-likeness (QED) is 0.651. The number of carbonyl (C=O) groups is 1. The second kappa shape index (κ2) is 8.96. The van der Waals surface area contributed by atoms with Gasteiger partial charge in [0, 0.05) is 12.2 Å². The van der Waals surface area contributed by atoms with Gasteiger partial charge in [-0.25, -0.2) is 17.2 Å². The Kier molecular flexibility index (Phi) is 7.03. The first kappa shape index (κ1) is 23.5. The summed E-state index contributed by atoms with van der Waals surface area (Å²) in [5.41, 5.74) is -1.95. The number of benzene rings is 2. The van der Waals surface area contributed by atoms with Crippen molar-refractivity contribution in [2.45, 2.75) is 18.0 Å². The molecule has 2 aromatic rings. The maximum atomic E-state index is 13.6. The van der Waals surface area contributed by atoms with Crippen molar-refractivity contribution >= 4 is 21.6 Å². The fourth-order valence-electron chi connectivity index (χ4n) is 2.54. The zero-order valence-corrected chi connectivity index (χ0v) is 16.6. The lowest BCUT2D eigenvalue weighted by Gasteiger charge is -2.21. The van der Waals surface area contributed by atoms with Crippen molar-refractivity contribution in [3.05, 3.63) is 53.6 Å². The maximum Gasteiger partial charge on any atom is 0.419 e. The van der Waals surface area contributed by atoms with Crippen LogP contribution in [0.5, 0.6) is 5.75 Å². The van der Waals surface area contributed by atoms with E-state index in [-0.39, 0.29) is 18.0 Å². The minimum absolute atomic E-state index is 0.149. The molecule has 0 heterocycles. The zero-order valence-electron chi connectivity index (χ0n) is 15.8. The van der Waals surface area contributed by atoms with E-state index in [9.17, 15) is 35.2 Å². The fraction of sp³-hybridized carbons (Fsp3) is 0.278. The molecule has 0 aliphatic rings. The summed E-state index contributed by atoms with van der Waals surface area (Å²) in [6.45, 7) is 0.431. The van der Waals surface area contributed by atoms with Gasteiger partial charge in [-0.3, -0.25) is 4.79 Å². The van der Waals surface area contributed by atoms with Crippen LogP contribution >= 0.6 is 0 Å². The Morgan fingerprint density at radius 2 is 1.80 bits per heavy atom. The van der Waals surface area contributed by atoms with Gasteiger partial charge in [-0.1, -0.05) is 6.92 Å². The highest BCUT2D eigenvalue weighted by Gasteiger charge is 2.34. The Bertz CT molecular complexity index is 1040. The van der Waals surface area contributed by atoms with Gasteiger partial charge in [0.15, 0.2) is 0 Å². The van der Waals surface area contributed by atoms with Gasteiger partial charge in [0.1, 0.15) is 22.3 Å². The van der Waals surface area contributed by atoms with Crippen LogP contribution in [0, 0.1) is 11.6 Å². The summed E-state index contributed by atoms with van der Waals surface area (Å²) in [6, 6.07) is 4.66. The predicted molar refractivity (Wildman–Crippen MR) is 97.4 cm³/mol. The molecule has 0 fully saturated rings. The van der Waals surface area contributed by atoms with Gasteiger partial charge in [-0.05, 0) is 36.4 Å². The van der Waals surface area contributed by atoms with Crippen molar-refractivity contribution in [2.24, 2.45) is 0 Å². The number of likely N-dealkylation sites (N-methyl/N-ethyl adjacent to an activating group) is 1. The summed E-state index contributed by atoms with van der Waals surface area (Å²) in [6.07, 6.45) is -4.97. The molecule has 0 spiro atoms.